The molecule has 57 heavy (non-hydrogen) atoms. The van der Waals surface area contributed by atoms with Crippen molar-refractivity contribution in [1.29, 1.82) is 0 Å². The Morgan fingerprint density at radius 1 is 1.12 bits per heavy atom. The van der Waals surface area contributed by atoms with Crippen molar-refractivity contribution in [3.8, 4) is 0 Å². The number of Topliss-reactive ketones (excluding diaryl/α,β-unsaturated/α-hetero) is 2. The summed E-state index contributed by atoms with van der Waals surface area (Å²) < 4.78 is 52.4. The number of aliphatic hydroxyl groups excluding tert-OH is 1. The van der Waals surface area contributed by atoms with Gasteiger partial charge in [-0.05, 0) is 79.6 Å². The lowest BCUT2D eigenvalue weighted by atomic mass is 9.73. The highest BCUT2D eigenvalue weighted by Crippen LogP contribution is 2.43. The molecule has 320 valence electrons. The van der Waals surface area contributed by atoms with Gasteiger partial charge in [-0.25, -0.2) is 18.8 Å². The highest BCUT2D eigenvalue weighted by Gasteiger charge is 2.61. The Bertz CT molecular complexity index is 1600. The van der Waals surface area contributed by atoms with Crippen LogP contribution in [-0.4, -0.2) is 144 Å². The number of anilines is 1. The number of hydrogen-bond donors (Lipinski definition) is 2. The third kappa shape index (κ3) is 9.75. The molecule has 17 heteroatoms. The molecular weight excluding hydrogens is 747 g/mol. The van der Waals surface area contributed by atoms with E-state index in [1.165, 1.54) is 32.1 Å². The maximum absolute atomic E-state index is 16.8. The number of nitrogens with zero attached hydrogens (tertiary/aromatic N) is 3. The van der Waals surface area contributed by atoms with Crippen LogP contribution in [0.1, 0.15) is 81.1 Å². The Hall–Kier alpha value is -3.77. The van der Waals surface area contributed by atoms with E-state index in [4.69, 9.17) is 28.4 Å². The average Bonchev–Trinajstić information content (AvgIpc) is 3.42. The predicted molar refractivity (Wildman–Crippen MR) is 204 cm³/mol. The van der Waals surface area contributed by atoms with Gasteiger partial charge in [-0.1, -0.05) is 27.7 Å². The zero-order valence-corrected chi connectivity index (χ0v) is 35.0. The van der Waals surface area contributed by atoms with Crippen molar-refractivity contribution in [2.24, 2.45) is 17.8 Å². The smallest absolute Gasteiger partial charge is 0.411 e. The van der Waals surface area contributed by atoms with Gasteiger partial charge in [0.25, 0.3) is 5.67 Å². The van der Waals surface area contributed by atoms with E-state index in [1.807, 2.05) is 11.8 Å². The van der Waals surface area contributed by atoms with Crippen molar-refractivity contribution in [1.82, 2.24) is 14.8 Å². The molecule has 0 aliphatic carbocycles. The van der Waals surface area contributed by atoms with Crippen LogP contribution in [0.5, 0.6) is 0 Å². The maximum Gasteiger partial charge on any atom is 0.411 e. The van der Waals surface area contributed by atoms with Gasteiger partial charge in [0.05, 0.1) is 42.3 Å². The fourth-order valence-corrected chi connectivity index (χ4v) is 8.70. The summed E-state index contributed by atoms with van der Waals surface area (Å²) in [4.78, 5) is 75.8. The van der Waals surface area contributed by atoms with Gasteiger partial charge in [-0.3, -0.25) is 19.9 Å². The van der Waals surface area contributed by atoms with E-state index in [1.54, 1.807) is 60.1 Å². The van der Waals surface area contributed by atoms with E-state index >= 15 is 4.39 Å². The summed E-state index contributed by atoms with van der Waals surface area (Å²) in [6.45, 7) is 12.0. The highest BCUT2D eigenvalue weighted by molar-refractivity contribution is 6.08. The lowest BCUT2D eigenvalue weighted by Crippen LogP contribution is -2.61. The summed E-state index contributed by atoms with van der Waals surface area (Å²) in [7, 11) is 4.98. The molecule has 0 aromatic carbocycles. The second kappa shape index (κ2) is 18.4. The van der Waals surface area contributed by atoms with Gasteiger partial charge in [0.1, 0.15) is 18.0 Å². The minimum atomic E-state index is -3.21. The number of likely N-dealkylation sites (N-methyl/N-ethyl adjacent to an activating group) is 1. The number of nitrogens with one attached hydrogen (secondary N) is 1. The molecule has 0 unspecified atom stereocenters. The van der Waals surface area contributed by atoms with Crippen LogP contribution in [0, 0.1) is 17.8 Å². The number of aromatic nitrogens is 1. The first-order chi connectivity index (χ1) is 26.6. The van der Waals surface area contributed by atoms with E-state index < -0.39 is 89.2 Å². The number of carbonyl (C=O) groups is 5. The molecule has 0 bridgehead atoms. The Labute approximate surface area is 334 Å². The Balaban J connectivity index is 1.70. The Kier molecular flexibility index (Phi) is 14.9. The number of halogens is 1. The van der Waals surface area contributed by atoms with Crippen LogP contribution >= 0.6 is 0 Å². The molecule has 3 fully saturated rings. The van der Waals surface area contributed by atoms with Crippen LogP contribution in [0.2, 0.25) is 0 Å². The monoisotopic (exact) mass is 808 g/mol. The normalized spacial score (nSPS) is 38.2. The van der Waals surface area contributed by atoms with Crippen LogP contribution in [0.15, 0.2) is 24.5 Å². The largest absolute Gasteiger partial charge is 0.455 e. The van der Waals surface area contributed by atoms with Crippen LogP contribution < -0.4 is 5.32 Å². The number of pyridine rings is 1. The minimum Gasteiger partial charge on any atom is -0.455 e. The molecule has 2 N–H and O–H groups in total. The summed E-state index contributed by atoms with van der Waals surface area (Å²) in [5.74, 6) is -6.11. The van der Waals surface area contributed by atoms with Gasteiger partial charge in [0, 0.05) is 43.6 Å². The number of amides is 2. The van der Waals surface area contributed by atoms with E-state index in [9.17, 15) is 29.1 Å². The summed E-state index contributed by atoms with van der Waals surface area (Å²) in [5.41, 5.74) is -5.95. The number of cyclic esters (lactones) is 1. The third-order valence-corrected chi connectivity index (χ3v) is 11.9. The number of hydrogen-bond acceptors (Lipinski definition) is 14. The van der Waals surface area contributed by atoms with E-state index in [-0.39, 0.29) is 50.3 Å². The summed E-state index contributed by atoms with van der Waals surface area (Å²) in [6, 6.07) is 1.87. The summed E-state index contributed by atoms with van der Waals surface area (Å²) in [6.07, 6.45) is -3.36. The number of ether oxygens (including phenoxy) is 6. The molecule has 13 atom stereocenters. The number of rotatable bonds is 10. The summed E-state index contributed by atoms with van der Waals surface area (Å²) in [5, 5.41) is 13.9. The van der Waals surface area contributed by atoms with Crippen molar-refractivity contribution in [3.63, 3.8) is 0 Å². The molecule has 16 nitrogen and oxygen atoms in total. The standard InChI is InChI=1S/C40H61FN4O12/c1-12-28-40(8)31(45(37(51)57-40)17-14-18-53-36(50)43-26-15-13-16-42-21-26)24(4)29(46)22(2)20-38(6,52-11)33(25(5)32(48)39(7,41)35(49)55-28)56-34-30(47)27(44(9)10)19-23(3)54-34/h13,15-16,21-25,27-28,30-31,33-34,47H,12,14,17-20H2,1-11H3,(H,43,50)/t22-,23-,24+,25+,27+,28-,30-,31-,33-,34+,38-,39+,40-/m1/s1. The van der Waals surface area contributed by atoms with Gasteiger partial charge in [-0.2, -0.15) is 0 Å². The van der Waals surface area contributed by atoms with Crippen LogP contribution in [0.4, 0.5) is 19.7 Å². The number of carbonyl (C=O) groups excluding carboxylic acids is 5. The topological polar surface area (TPSA) is 192 Å². The molecular formula is C40H61FN4O12. The molecule has 3 aliphatic heterocycles. The molecule has 1 aromatic rings. The second-order valence-electron chi connectivity index (χ2n) is 16.4. The number of fused-ring (bicyclic) bond motifs is 1. The SMILES string of the molecule is CC[C@H]1OC(=O)[C@@](C)(F)C(=O)[C@H](C)[C@@H](O[C@@H]2O[C@H](C)C[C@H](N(C)C)[C@H]2O)[C@](C)(OC)C[C@@H](C)C(=O)[C@H](C)[C@H]2N(CCCOC(=O)Nc3cccnc3)C(=O)O[C@]12C. The Morgan fingerprint density at radius 2 is 1.81 bits per heavy atom. The van der Waals surface area contributed by atoms with Crippen LogP contribution in [-0.2, 0) is 42.8 Å². The quantitative estimate of drug-likeness (QED) is 0.147. The van der Waals surface area contributed by atoms with E-state index in [0.29, 0.717) is 12.1 Å². The van der Waals surface area contributed by atoms with E-state index in [2.05, 4.69) is 10.3 Å². The molecule has 0 saturated carbocycles. The van der Waals surface area contributed by atoms with Crippen molar-refractivity contribution < 1.29 is 61.9 Å². The first-order valence-electron chi connectivity index (χ1n) is 19.6. The molecule has 4 rings (SSSR count). The fourth-order valence-electron chi connectivity index (χ4n) is 8.70. The average molecular weight is 809 g/mol. The van der Waals surface area contributed by atoms with Gasteiger partial charge in [-0.15, -0.1) is 0 Å². The maximum atomic E-state index is 16.8. The predicted octanol–water partition coefficient (Wildman–Crippen LogP) is 4.32. The number of methoxy groups -OCH3 is 1. The van der Waals surface area contributed by atoms with Crippen LogP contribution in [0.25, 0.3) is 0 Å². The molecule has 0 radical (unpaired) electrons. The number of esters is 1. The van der Waals surface area contributed by atoms with E-state index in [0.717, 1.165) is 6.92 Å². The van der Waals surface area contributed by atoms with Gasteiger partial charge >= 0.3 is 18.2 Å². The minimum absolute atomic E-state index is 0.0196. The second-order valence-corrected chi connectivity index (χ2v) is 16.4. The zero-order valence-electron chi connectivity index (χ0n) is 35.0. The molecule has 0 spiro atoms. The summed E-state index contributed by atoms with van der Waals surface area (Å²) >= 11 is 0. The first kappa shape index (κ1) is 45.9. The van der Waals surface area contributed by atoms with Crippen molar-refractivity contribution >= 4 is 35.4 Å². The number of alkyl halides is 1. The number of ketones is 2. The fraction of sp³-hybridized carbons (Fsp3) is 0.750. The van der Waals surface area contributed by atoms with Crippen molar-refractivity contribution in [2.45, 2.75) is 141 Å². The van der Waals surface area contributed by atoms with Crippen molar-refractivity contribution in [2.75, 3.05) is 39.7 Å². The highest BCUT2D eigenvalue weighted by atomic mass is 19.1. The first-order valence-corrected chi connectivity index (χ1v) is 19.6. The molecule has 3 saturated heterocycles. The number of aliphatic hydroxyl groups is 1. The molecule has 4 heterocycles. The molecule has 1 aromatic heterocycles. The lowest BCUT2D eigenvalue weighted by Gasteiger charge is -2.47. The van der Waals surface area contributed by atoms with Gasteiger partial charge < -0.3 is 43.3 Å². The van der Waals surface area contributed by atoms with Crippen molar-refractivity contribution in [3.05, 3.63) is 24.5 Å². The molecule has 3 aliphatic rings. The van der Waals surface area contributed by atoms with Gasteiger partial charge in [0.2, 0.25) is 0 Å². The third-order valence-electron chi connectivity index (χ3n) is 11.9. The molecule has 2 amide bonds. The zero-order chi connectivity index (χ0) is 42.6. The lowest BCUT2D eigenvalue weighted by molar-refractivity contribution is -0.295. The Morgan fingerprint density at radius 3 is 2.40 bits per heavy atom. The van der Waals surface area contributed by atoms with Crippen LogP contribution in [0.3, 0.4) is 0 Å². The van der Waals surface area contributed by atoms with Gasteiger partial charge in [0.15, 0.2) is 17.7 Å².